The number of fused-ring (bicyclic) bond motifs is 1. The Balaban J connectivity index is 1.22. The molecule has 1 aliphatic rings. The van der Waals surface area contributed by atoms with Gasteiger partial charge < -0.3 is 15.2 Å². The number of benzene rings is 1. The number of anilines is 1. The zero-order chi connectivity index (χ0) is 20.3. The van der Waals surface area contributed by atoms with Crippen molar-refractivity contribution in [1.29, 1.82) is 0 Å². The Morgan fingerprint density at radius 2 is 2.07 bits per heavy atom. The average Bonchev–Trinajstić information content (AvgIpc) is 3.43. The summed E-state index contributed by atoms with van der Waals surface area (Å²) in [4.78, 5) is 22.2. The Morgan fingerprint density at radius 1 is 1.20 bits per heavy atom. The van der Waals surface area contributed by atoms with Crippen molar-refractivity contribution >= 4 is 22.6 Å². The Kier molecular flexibility index (Phi) is 4.93. The molecule has 152 valence electrons. The monoisotopic (exact) mass is 400 g/mol. The number of H-pyrrole nitrogens is 2. The van der Waals surface area contributed by atoms with E-state index >= 15 is 0 Å². The molecule has 1 aromatic carbocycles. The largest absolute Gasteiger partial charge is 0.361 e. The first kappa shape index (κ1) is 18.4. The van der Waals surface area contributed by atoms with Gasteiger partial charge in [-0.1, -0.05) is 18.2 Å². The van der Waals surface area contributed by atoms with E-state index in [-0.39, 0.29) is 11.9 Å². The van der Waals surface area contributed by atoms with Crippen LogP contribution in [0.5, 0.6) is 0 Å². The zero-order valence-corrected chi connectivity index (χ0v) is 16.6. The molecule has 1 aliphatic heterocycles. The fourth-order valence-corrected chi connectivity index (χ4v) is 4.19. The first-order valence-corrected chi connectivity index (χ1v) is 10.3. The third-order valence-corrected chi connectivity index (χ3v) is 5.69. The van der Waals surface area contributed by atoms with Crippen molar-refractivity contribution < 1.29 is 4.79 Å². The van der Waals surface area contributed by atoms with E-state index in [1.54, 1.807) is 12.4 Å². The van der Waals surface area contributed by atoms with Crippen molar-refractivity contribution in [3.05, 3.63) is 66.6 Å². The summed E-state index contributed by atoms with van der Waals surface area (Å²) in [7, 11) is 0. The Morgan fingerprint density at radius 3 is 2.97 bits per heavy atom. The van der Waals surface area contributed by atoms with E-state index in [9.17, 15) is 4.79 Å². The van der Waals surface area contributed by atoms with E-state index < -0.39 is 0 Å². The van der Waals surface area contributed by atoms with Crippen molar-refractivity contribution in [2.75, 3.05) is 18.0 Å². The highest BCUT2D eigenvalue weighted by atomic mass is 16.1. The van der Waals surface area contributed by atoms with E-state index in [0.717, 1.165) is 59.5 Å². The van der Waals surface area contributed by atoms with Crippen molar-refractivity contribution in [3.63, 3.8) is 0 Å². The first-order chi connectivity index (χ1) is 14.8. The maximum absolute atomic E-state index is 12.7. The summed E-state index contributed by atoms with van der Waals surface area (Å²) in [6, 6.07) is 14.2. The number of pyridine rings is 1. The normalized spacial score (nSPS) is 16.7. The minimum absolute atomic E-state index is 0.0612. The molecule has 1 atom stereocenters. The maximum atomic E-state index is 12.7. The van der Waals surface area contributed by atoms with Crippen LogP contribution in [0, 0.1) is 0 Å². The molecule has 1 fully saturated rings. The number of rotatable bonds is 5. The predicted octanol–water partition coefficient (Wildman–Crippen LogP) is 3.28. The fraction of sp³-hybridized carbons (Fsp3) is 0.261. The van der Waals surface area contributed by atoms with Gasteiger partial charge in [-0.15, -0.1) is 0 Å². The summed E-state index contributed by atoms with van der Waals surface area (Å²) in [5.41, 5.74) is 4.12. The van der Waals surface area contributed by atoms with E-state index in [2.05, 4.69) is 42.5 Å². The topological polar surface area (TPSA) is 89.7 Å². The molecule has 1 saturated heterocycles. The summed E-state index contributed by atoms with van der Waals surface area (Å²) in [5, 5.41) is 11.9. The third kappa shape index (κ3) is 3.78. The Labute approximate surface area is 174 Å². The number of hydrogen-bond acceptors (Lipinski definition) is 4. The van der Waals surface area contributed by atoms with Crippen molar-refractivity contribution in [2.24, 2.45) is 0 Å². The molecule has 30 heavy (non-hydrogen) atoms. The summed E-state index contributed by atoms with van der Waals surface area (Å²) >= 11 is 0. The van der Waals surface area contributed by atoms with Crippen LogP contribution in [0.25, 0.3) is 22.2 Å². The number of aromatic nitrogens is 4. The number of carbonyl (C=O) groups excluding carboxylic acids is 1. The van der Waals surface area contributed by atoms with Gasteiger partial charge in [0, 0.05) is 60.3 Å². The van der Waals surface area contributed by atoms with Crippen LogP contribution in [-0.4, -0.2) is 45.2 Å². The molecule has 1 amide bonds. The molecule has 1 unspecified atom stereocenters. The molecule has 4 heterocycles. The molecule has 7 heteroatoms. The average molecular weight is 400 g/mol. The molecule has 7 nitrogen and oxygen atoms in total. The molecule has 0 radical (unpaired) electrons. The SMILES string of the molecule is O=C(Cc1c[nH]c2ccccc12)NC1CCCN(c2cc(-c3ccncc3)[nH]n2)C1. The zero-order valence-electron chi connectivity index (χ0n) is 16.6. The van der Waals surface area contributed by atoms with E-state index in [1.807, 2.05) is 36.5 Å². The lowest BCUT2D eigenvalue weighted by Crippen LogP contribution is -2.48. The smallest absolute Gasteiger partial charge is 0.224 e. The second-order valence-corrected chi connectivity index (χ2v) is 7.76. The van der Waals surface area contributed by atoms with Gasteiger partial charge in [0.2, 0.25) is 5.91 Å². The number of amides is 1. The van der Waals surface area contributed by atoms with Crippen LogP contribution in [0.2, 0.25) is 0 Å². The minimum atomic E-state index is 0.0612. The van der Waals surface area contributed by atoms with E-state index in [0.29, 0.717) is 6.42 Å². The van der Waals surface area contributed by atoms with Crippen molar-refractivity contribution in [2.45, 2.75) is 25.3 Å². The van der Waals surface area contributed by atoms with Crippen LogP contribution in [0.15, 0.2) is 61.1 Å². The second kappa shape index (κ2) is 8.02. The van der Waals surface area contributed by atoms with Crippen LogP contribution >= 0.6 is 0 Å². The Bertz CT molecular complexity index is 1150. The van der Waals surface area contributed by atoms with Gasteiger partial charge in [0.15, 0.2) is 5.82 Å². The van der Waals surface area contributed by atoms with E-state index in [1.165, 1.54) is 0 Å². The molecule has 4 aromatic rings. The molecule has 5 rings (SSSR count). The molecule has 3 aromatic heterocycles. The minimum Gasteiger partial charge on any atom is -0.361 e. The first-order valence-electron chi connectivity index (χ1n) is 10.3. The quantitative estimate of drug-likeness (QED) is 0.480. The van der Waals surface area contributed by atoms with Crippen LogP contribution in [0.4, 0.5) is 5.82 Å². The van der Waals surface area contributed by atoms with Crippen molar-refractivity contribution in [3.8, 4) is 11.3 Å². The summed E-state index contributed by atoms with van der Waals surface area (Å²) in [6.07, 6.45) is 7.87. The molecular weight excluding hydrogens is 376 g/mol. The van der Waals surface area contributed by atoms with Gasteiger partial charge in [-0.25, -0.2) is 0 Å². The second-order valence-electron chi connectivity index (χ2n) is 7.76. The van der Waals surface area contributed by atoms with Gasteiger partial charge >= 0.3 is 0 Å². The number of piperidine rings is 1. The van der Waals surface area contributed by atoms with Gasteiger partial charge in [0.25, 0.3) is 0 Å². The van der Waals surface area contributed by atoms with Gasteiger partial charge in [-0.3, -0.25) is 14.9 Å². The van der Waals surface area contributed by atoms with Gasteiger partial charge in [-0.2, -0.15) is 5.10 Å². The molecule has 0 aliphatic carbocycles. The number of hydrogen-bond donors (Lipinski definition) is 3. The number of nitrogens with one attached hydrogen (secondary N) is 3. The van der Waals surface area contributed by atoms with Crippen molar-refractivity contribution in [1.82, 2.24) is 25.5 Å². The summed E-state index contributed by atoms with van der Waals surface area (Å²) < 4.78 is 0. The highest BCUT2D eigenvalue weighted by molar-refractivity contribution is 5.89. The van der Waals surface area contributed by atoms with Crippen LogP contribution in [-0.2, 0) is 11.2 Å². The molecule has 0 saturated carbocycles. The molecule has 3 N–H and O–H groups in total. The highest BCUT2D eigenvalue weighted by Gasteiger charge is 2.23. The standard InChI is InChI=1S/C23H24N6O/c30-23(12-17-14-25-20-6-2-1-5-19(17)20)26-18-4-3-11-29(15-18)22-13-21(27-28-22)16-7-9-24-10-8-16/h1-2,5-10,13-14,18,25H,3-4,11-12,15H2,(H,26,30)(H,27,28). The number of aromatic amines is 2. The highest BCUT2D eigenvalue weighted by Crippen LogP contribution is 2.24. The van der Waals surface area contributed by atoms with Gasteiger partial charge in [-0.05, 0) is 36.6 Å². The summed E-state index contributed by atoms with van der Waals surface area (Å²) in [5.74, 6) is 0.975. The lowest BCUT2D eigenvalue weighted by molar-refractivity contribution is -0.121. The number of carbonyl (C=O) groups is 1. The van der Waals surface area contributed by atoms with Crippen LogP contribution < -0.4 is 10.2 Å². The molecule has 0 spiro atoms. The Hall–Kier alpha value is -3.61. The lowest BCUT2D eigenvalue weighted by Gasteiger charge is -2.33. The van der Waals surface area contributed by atoms with E-state index in [4.69, 9.17) is 0 Å². The molecular formula is C23H24N6O. The fourth-order valence-electron chi connectivity index (χ4n) is 4.19. The third-order valence-electron chi connectivity index (χ3n) is 5.69. The number of para-hydroxylation sites is 1. The van der Waals surface area contributed by atoms with Gasteiger partial charge in [0.05, 0.1) is 12.1 Å². The maximum Gasteiger partial charge on any atom is 0.224 e. The lowest BCUT2D eigenvalue weighted by atomic mass is 10.0. The van der Waals surface area contributed by atoms with Gasteiger partial charge in [0.1, 0.15) is 0 Å². The van der Waals surface area contributed by atoms with Crippen LogP contribution in [0.3, 0.4) is 0 Å². The van der Waals surface area contributed by atoms with Crippen LogP contribution in [0.1, 0.15) is 18.4 Å². The number of nitrogens with zero attached hydrogens (tertiary/aromatic N) is 3. The molecule has 0 bridgehead atoms. The predicted molar refractivity (Wildman–Crippen MR) is 117 cm³/mol. The summed E-state index contributed by atoms with van der Waals surface area (Å²) in [6.45, 7) is 1.70.